The first-order valence-electron chi connectivity index (χ1n) is 8.71. The Morgan fingerprint density at radius 3 is 2.46 bits per heavy atom. The number of benzene rings is 1. The van der Waals surface area contributed by atoms with Gasteiger partial charge in [0.25, 0.3) is 20.3 Å². The maximum Gasteiger partial charge on any atom is 0.291 e. The largest absolute Gasteiger partial charge is 0.350 e. The highest BCUT2D eigenvalue weighted by Gasteiger charge is 2.24. The molecule has 152 valence electrons. The molecule has 28 heavy (non-hydrogen) atoms. The van der Waals surface area contributed by atoms with Crippen LogP contribution in [0.3, 0.4) is 0 Å². The van der Waals surface area contributed by atoms with Crippen molar-refractivity contribution in [3.05, 3.63) is 29.8 Å². The second-order valence-corrected chi connectivity index (χ2v) is 9.28. The Bertz CT molecular complexity index is 956. The predicted molar refractivity (Wildman–Crippen MR) is 108 cm³/mol. The van der Waals surface area contributed by atoms with Crippen LogP contribution < -0.4 is 15.4 Å². The van der Waals surface area contributed by atoms with E-state index in [4.69, 9.17) is 0 Å². The third-order valence-corrected chi connectivity index (χ3v) is 6.37. The van der Waals surface area contributed by atoms with Crippen molar-refractivity contribution in [2.75, 3.05) is 10.0 Å². The number of amides is 2. The normalized spacial score (nSPS) is 12.5. The van der Waals surface area contributed by atoms with Crippen LogP contribution in [0, 0.1) is 5.92 Å². The SMILES string of the molecule is CC[C@H](C)NC(=O)c1ccccc1NS(=O)(=O)c1nnc(NC(=O)C(C)C)s1. The lowest BCUT2D eigenvalue weighted by atomic mass is 10.1. The van der Waals surface area contributed by atoms with Gasteiger partial charge < -0.3 is 10.6 Å². The Balaban J connectivity index is 2.22. The standard InChI is InChI=1S/C17H23N5O4S2/c1-5-11(4)18-15(24)12-8-6-7-9-13(12)22-28(25,26)17-21-20-16(27-17)19-14(23)10(2)3/h6-11,22H,5H2,1-4H3,(H,18,24)(H,19,20,23)/t11-/m0/s1. The van der Waals surface area contributed by atoms with Gasteiger partial charge in [-0.05, 0) is 25.5 Å². The fourth-order valence-corrected chi connectivity index (χ4v) is 3.96. The lowest BCUT2D eigenvalue weighted by Gasteiger charge is -2.14. The van der Waals surface area contributed by atoms with E-state index >= 15 is 0 Å². The Labute approximate surface area is 168 Å². The highest BCUT2D eigenvalue weighted by atomic mass is 32.2. The van der Waals surface area contributed by atoms with E-state index in [1.165, 1.54) is 12.1 Å². The lowest BCUT2D eigenvalue weighted by molar-refractivity contribution is -0.118. The van der Waals surface area contributed by atoms with Crippen LogP contribution in [0.1, 0.15) is 44.5 Å². The van der Waals surface area contributed by atoms with Gasteiger partial charge in [-0.2, -0.15) is 8.42 Å². The number of anilines is 2. The Kier molecular flexibility index (Phi) is 7.08. The van der Waals surface area contributed by atoms with Crippen LogP contribution in [0.5, 0.6) is 0 Å². The van der Waals surface area contributed by atoms with E-state index < -0.39 is 10.0 Å². The molecule has 0 aliphatic carbocycles. The quantitative estimate of drug-likeness (QED) is 0.557. The van der Waals surface area contributed by atoms with E-state index in [1.807, 2.05) is 13.8 Å². The monoisotopic (exact) mass is 425 g/mol. The van der Waals surface area contributed by atoms with Crippen LogP contribution in [0.2, 0.25) is 0 Å². The predicted octanol–water partition coefficient (Wildman–Crippen LogP) is 2.46. The van der Waals surface area contributed by atoms with Crippen LogP contribution in [0.15, 0.2) is 28.6 Å². The molecule has 0 fully saturated rings. The van der Waals surface area contributed by atoms with Gasteiger partial charge in [0.1, 0.15) is 0 Å². The number of carbonyl (C=O) groups is 2. The third kappa shape index (κ3) is 5.49. The second-order valence-electron chi connectivity index (χ2n) is 6.45. The van der Waals surface area contributed by atoms with Crippen LogP contribution in [0.4, 0.5) is 10.8 Å². The summed E-state index contributed by atoms with van der Waals surface area (Å²) in [4.78, 5) is 24.1. The highest BCUT2D eigenvalue weighted by molar-refractivity contribution is 7.94. The van der Waals surface area contributed by atoms with Crippen molar-refractivity contribution < 1.29 is 18.0 Å². The molecule has 0 saturated heterocycles. The number of nitrogens with one attached hydrogen (secondary N) is 3. The molecule has 0 aliphatic rings. The summed E-state index contributed by atoms with van der Waals surface area (Å²) in [5, 5.41) is 12.7. The molecule has 11 heteroatoms. The molecule has 1 heterocycles. The fourth-order valence-electron chi connectivity index (χ4n) is 1.98. The molecule has 0 bridgehead atoms. The Hall–Kier alpha value is -2.53. The molecule has 3 N–H and O–H groups in total. The zero-order valence-electron chi connectivity index (χ0n) is 16.0. The first-order chi connectivity index (χ1) is 13.1. The molecular weight excluding hydrogens is 402 g/mol. The number of para-hydroxylation sites is 1. The van der Waals surface area contributed by atoms with Gasteiger partial charge in [0.2, 0.25) is 11.0 Å². The molecule has 1 aromatic carbocycles. The molecule has 1 aromatic heterocycles. The Morgan fingerprint density at radius 1 is 1.14 bits per heavy atom. The zero-order valence-corrected chi connectivity index (χ0v) is 17.6. The first-order valence-corrected chi connectivity index (χ1v) is 11.0. The van der Waals surface area contributed by atoms with Gasteiger partial charge in [-0.1, -0.05) is 44.2 Å². The van der Waals surface area contributed by atoms with E-state index in [-0.39, 0.29) is 44.5 Å². The molecular formula is C17H23N5O4S2. The van der Waals surface area contributed by atoms with Gasteiger partial charge in [-0.25, -0.2) is 0 Å². The van der Waals surface area contributed by atoms with Gasteiger partial charge in [0.05, 0.1) is 11.3 Å². The molecule has 0 unspecified atom stereocenters. The van der Waals surface area contributed by atoms with Crippen molar-refractivity contribution in [1.29, 1.82) is 0 Å². The number of nitrogens with zero attached hydrogens (tertiary/aromatic N) is 2. The average Bonchev–Trinajstić information content (AvgIpc) is 3.11. The van der Waals surface area contributed by atoms with Gasteiger partial charge in [-0.3, -0.25) is 14.3 Å². The number of carbonyl (C=O) groups excluding carboxylic acids is 2. The minimum absolute atomic E-state index is 0.0487. The van der Waals surface area contributed by atoms with Crippen molar-refractivity contribution >= 4 is 44.0 Å². The van der Waals surface area contributed by atoms with Crippen molar-refractivity contribution in [3.8, 4) is 0 Å². The zero-order chi connectivity index (χ0) is 20.9. The molecule has 2 amide bonds. The summed E-state index contributed by atoms with van der Waals surface area (Å²) in [5.41, 5.74) is 0.329. The summed E-state index contributed by atoms with van der Waals surface area (Å²) >= 11 is 0.728. The number of sulfonamides is 1. The molecule has 0 aliphatic heterocycles. The Morgan fingerprint density at radius 2 is 1.82 bits per heavy atom. The summed E-state index contributed by atoms with van der Waals surface area (Å²) in [6, 6.07) is 6.24. The average molecular weight is 426 g/mol. The maximum absolute atomic E-state index is 12.6. The number of hydrogen-bond donors (Lipinski definition) is 3. The minimum atomic E-state index is -4.07. The number of rotatable bonds is 8. The third-order valence-electron chi connectivity index (χ3n) is 3.80. The van der Waals surface area contributed by atoms with Gasteiger partial charge in [0, 0.05) is 12.0 Å². The number of aromatic nitrogens is 2. The van der Waals surface area contributed by atoms with E-state index in [2.05, 4.69) is 25.6 Å². The van der Waals surface area contributed by atoms with Gasteiger partial charge in [0.15, 0.2) is 0 Å². The van der Waals surface area contributed by atoms with Crippen LogP contribution in [-0.2, 0) is 14.8 Å². The van der Waals surface area contributed by atoms with Gasteiger partial charge >= 0.3 is 0 Å². The van der Waals surface area contributed by atoms with Crippen molar-refractivity contribution in [2.24, 2.45) is 5.92 Å². The van der Waals surface area contributed by atoms with Crippen molar-refractivity contribution in [3.63, 3.8) is 0 Å². The van der Waals surface area contributed by atoms with Crippen LogP contribution in [-0.4, -0.2) is 36.5 Å². The molecule has 0 saturated carbocycles. The second kappa shape index (κ2) is 9.11. The summed E-state index contributed by atoms with van der Waals surface area (Å²) in [5.74, 6) is -0.951. The molecule has 2 aromatic rings. The maximum atomic E-state index is 12.6. The lowest BCUT2D eigenvalue weighted by Crippen LogP contribution is -2.32. The van der Waals surface area contributed by atoms with Crippen molar-refractivity contribution in [2.45, 2.75) is 44.5 Å². The topological polar surface area (TPSA) is 130 Å². The molecule has 0 radical (unpaired) electrons. The van der Waals surface area contributed by atoms with E-state index in [0.717, 1.165) is 17.8 Å². The summed E-state index contributed by atoms with van der Waals surface area (Å²) in [6.07, 6.45) is 0.745. The van der Waals surface area contributed by atoms with Crippen LogP contribution in [0.25, 0.3) is 0 Å². The van der Waals surface area contributed by atoms with E-state index in [1.54, 1.807) is 26.0 Å². The molecule has 9 nitrogen and oxygen atoms in total. The number of hydrogen-bond acceptors (Lipinski definition) is 7. The van der Waals surface area contributed by atoms with Crippen molar-refractivity contribution in [1.82, 2.24) is 15.5 Å². The fraction of sp³-hybridized carbons (Fsp3) is 0.412. The molecule has 1 atom stereocenters. The summed E-state index contributed by atoms with van der Waals surface area (Å²) < 4.78 is 27.3. The highest BCUT2D eigenvalue weighted by Crippen LogP contribution is 2.24. The first kappa shape index (κ1) is 21.8. The summed E-state index contributed by atoms with van der Waals surface area (Å²) in [6.45, 7) is 7.21. The van der Waals surface area contributed by atoms with E-state index in [9.17, 15) is 18.0 Å². The van der Waals surface area contributed by atoms with E-state index in [0.29, 0.717) is 0 Å². The molecule has 2 rings (SSSR count). The van der Waals surface area contributed by atoms with Crippen LogP contribution >= 0.6 is 11.3 Å². The molecule has 0 spiro atoms. The smallest absolute Gasteiger partial charge is 0.291 e. The van der Waals surface area contributed by atoms with Gasteiger partial charge in [-0.15, -0.1) is 10.2 Å². The minimum Gasteiger partial charge on any atom is -0.350 e. The summed E-state index contributed by atoms with van der Waals surface area (Å²) in [7, 11) is -4.07.